The first-order valence-corrected chi connectivity index (χ1v) is 3.91. The van der Waals surface area contributed by atoms with Crippen molar-refractivity contribution in [2.75, 3.05) is 0 Å². The lowest BCUT2D eigenvalue weighted by atomic mass is 10.1. The number of hydrogen-bond donors (Lipinski definition) is 1. The van der Waals surface area contributed by atoms with E-state index in [4.69, 9.17) is 5.73 Å². The van der Waals surface area contributed by atoms with Crippen molar-refractivity contribution >= 4 is 0 Å². The van der Waals surface area contributed by atoms with Crippen molar-refractivity contribution in [1.29, 1.82) is 0 Å². The van der Waals surface area contributed by atoms with Crippen molar-refractivity contribution in [3.05, 3.63) is 47.7 Å². The largest absolute Gasteiger partial charge is 0.399 e. The molecule has 0 bridgehead atoms. The average Bonchev–Trinajstić information content (AvgIpc) is 1.84. The number of rotatable bonds is 3. The molecular weight excluding hydrogens is 146 g/mol. The number of nitrogens with two attached hydrogens (primary N) is 1. The van der Waals surface area contributed by atoms with E-state index in [1.54, 1.807) is 0 Å². The van der Waals surface area contributed by atoms with E-state index in [0.29, 0.717) is 5.70 Å². The summed E-state index contributed by atoms with van der Waals surface area (Å²) in [6.07, 6.45) is 3.88. The summed E-state index contributed by atoms with van der Waals surface area (Å²) >= 11 is 0. The Balaban J connectivity index is 4.70. The summed E-state index contributed by atoms with van der Waals surface area (Å²) in [6.45, 7) is 13.4. The van der Waals surface area contributed by atoms with Crippen LogP contribution in [0.15, 0.2) is 47.7 Å². The minimum atomic E-state index is 0.604. The SMILES string of the molecule is C=C(C)/C=C\C(C(=C)N)=C(C)C. The summed E-state index contributed by atoms with van der Waals surface area (Å²) < 4.78 is 0. The predicted molar refractivity (Wildman–Crippen MR) is 55.7 cm³/mol. The minimum absolute atomic E-state index is 0.604. The molecule has 0 aromatic carbocycles. The zero-order chi connectivity index (χ0) is 9.72. The fourth-order valence-corrected chi connectivity index (χ4v) is 0.820. The van der Waals surface area contributed by atoms with Gasteiger partial charge in [0.15, 0.2) is 0 Å². The molecule has 0 rings (SSSR count). The average molecular weight is 163 g/mol. The Morgan fingerprint density at radius 2 is 1.58 bits per heavy atom. The summed E-state index contributed by atoms with van der Waals surface area (Å²) in [5, 5.41) is 0. The second-order valence-corrected chi connectivity index (χ2v) is 3.12. The molecule has 1 nitrogen and oxygen atoms in total. The normalized spacial score (nSPS) is 9.92. The first kappa shape index (κ1) is 10.8. The molecule has 66 valence electrons. The zero-order valence-electron chi connectivity index (χ0n) is 8.15. The van der Waals surface area contributed by atoms with Crippen LogP contribution in [0.3, 0.4) is 0 Å². The Kier molecular flexibility index (Phi) is 4.12. The molecule has 0 aromatic rings. The van der Waals surface area contributed by atoms with Crippen molar-refractivity contribution in [3.8, 4) is 0 Å². The Morgan fingerprint density at radius 1 is 1.08 bits per heavy atom. The molecule has 0 aliphatic rings. The molecule has 12 heavy (non-hydrogen) atoms. The van der Waals surface area contributed by atoms with E-state index in [1.165, 1.54) is 5.57 Å². The summed E-state index contributed by atoms with van der Waals surface area (Å²) in [6, 6.07) is 0. The molecule has 0 spiro atoms. The van der Waals surface area contributed by atoms with Gasteiger partial charge in [-0.1, -0.05) is 36.5 Å². The van der Waals surface area contributed by atoms with Gasteiger partial charge in [-0.15, -0.1) is 0 Å². The van der Waals surface area contributed by atoms with Crippen molar-refractivity contribution in [2.45, 2.75) is 20.8 Å². The van der Waals surface area contributed by atoms with Gasteiger partial charge in [-0.3, -0.25) is 0 Å². The summed E-state index contributed by atoms with van der Waals surface area (Å²) in [5.74, 6) is 0. The van der Waals surface area contributed by atoms with Crippen LogP contribution >= 0.6 is 0 Å². The van der Waals surface area contributed by atoms with E-state index < -0.39 is 0 Å². The maximum atomic E-state index is 5.59. The molecule has 0 unspecified atom stereocenters. The molecule has 0 atom stereocenters. The van der Waals surface area contributed by atoms with Gasteiger partial charge in [0.05, 0.1) is 0 Å². The van der Waals surface area contributed by atoms with Crippen LogP contribution in [-0.2, 0) is 0 Å². The van der Waals surface area contributed by atoms with Crippen LogP contribution in [0.1, 0.15) is 20.8 Å². The van der Waals surface area contributed by atoms with Crippen molar-refractivity contribution in [2.24, 2.45) is 5.73 Å². The zero-order valence-corrected chi connectivity index (χ0v) is 8.15. The summed E-state index contributed by atoms with van der Waals surface area (Å²) in [4.78, 5) is 0. The first-order valence-electron chi connectivity index (χ1n) is 3.91. The first-order chi connectivity index (χ1) is 5.45. The van der Waals surface area contributed by atoms with Gasteiger partial charge in [-0.25, -0.2) is 0 Å². The number of hydrogen-bond acceptors (Lipinski definition) is 1. The highest BCUT2D eigenvalue weighted by molar-refractivity contribution is 5.40. The molecule has 0 aromatic heterocycles. The molecule has 0 aliphatic carbocycles. The molecule has 0 heterocycles. The Morgan fingerprint density at radius 3 is 1.83 bits per heavy atom. The molecule has 1 heteroatoms. The molecule has 0 fully saturated rings. The van der Waals surface area contributed by atoms with Gasteiger partial charge < -0.3 is 5.73 Å². The second kappa shape index (κ2) is 4.60. The van der Waals surface area contributed by atoms with E-state index >= 15 is 0 Å². The quantitative estimate of drug-likeness (QED) is 0.636. The van der Waals surface area contributed by atoms with E-state index in [-0.39, 0.29) is 0 Å². The highest BCUT2D eigenvalue weighted by Gasteiger charge is 1.95. The van der Waals surface area contributed by atoms with Crippen LogP contribution in [0.2, 0.25) is 0 Å². The van der Waals surface area contributed by atoms with Crippen LogP contribution in [0.5, 0.6) is 0 Å². The number of allylic oxidation sites excluding steroid dienone is 4. The monoisotopic (exact) mass is 163 g/mol. The van der Waals surface area contributed by atoms with Crippen molar-refractivity contribution in [1.82, 2.24) is 0 Å². The van der Waals surface area contributed by atoms with E-state index in [1.807, 2.05) is 32.9 Å². The molecule has 0 saturated heterocycles. The summed E-state index contributed by atoms with van der Waals surface area (Å²) in [7, 11) is 0. The van der Waals surface area contributed by atoms with Gasteiger partial charge in [0, 0.05) is 5.70 Å². The van der Waals surface area contributed by atoms with Crippen LogP contribution in [-0.4, -0.2) is 0 Å². The molecule has 0 aliphatic heterocycles. The molecular formula is C11H17N. The fraction of sp³-hybridized carbons (Fsp3) is 0.273. The molecule has 0 radical (unpaired) electrons. The maximum Gasteiger partial charge on any atom is 0.0313 e. The minimum Gasteiger partial charge on any atom is -0.399 e. The Bertz CT molecular complexity index is 250. The van der Waals surface area contributed by atoms with Gasteiger partial charge >= 0.3 is 0 Å². The highest BCUT2D eigenvalue weighted by Crippen LogP contribution is 2.11. The van der Waals surface area contributed by atoms with Crippen LogP contribution in [0.4, 0.5) is 0 Å². The van der Waals surface area contributed by atoms with Crippen LogP contribution in [0, 0.1) is 0 Å². The summed E-state index contributed by atoms with van der Waals surface area (Å²) in [5.41, 5.74) is 9.37. The molecule has 0 amide bonds. The lowest BCUT2D eigenvalue weighted by Crippen LogP contribution is -1.98. The Hall–Kier alpha value is -1.24. The molecule has 2 N–H and O–H groups in total. The van der Waals surface area contributed by atoms with Crippen molar-refractivity contribution in [3.63, 3.8) is 0 Å². The maximum absolute atomic E-state index is 5.59. The van der Waals surface area contributed by atoms with Crippen LogP contribution < -0.4 is 5.73 Å². The highest BCUT2D eigenvalue weighted by atomic mass is 14.6. The molecule has 0 saturated carbocycles. The second-order valence-electron chi connectivity index (χ2n) is 3.12. The third-order valence-corrected chi connectivity index (χ3v) is 1.42. The van der Waals surface area contributed by atoms with E-state index in [2.05, 4.69) is 13.2 Å². The van der Waals surface area contributed by atoms with Crippen LogP contribution in [0.25, 0.3) is 0 Å². The van der Waals surface area contributed by atoms with Gasteiger partial charge in [-0.2, -0.15) is 0 Å². The fourth-order valence-electron chi connectivity index (χ4n) is 0.820. The van der Waals surface area contributed by atoms with Gasteiger partial charge in [0.2, 0.25) is 0 Å². The van der Waals surface area contributed by atoms with E-state index in [9.17, 15) is 0 Å². The van der Waals surface area contributed by atoms with Gasteiger partial charge in [0.1, 0.15) is 0 Å². The third kappa shape index (κ3) is 3.81. The third-order valence-electron chi connectivity index (χ3n) is 1.42. The van der Waals surface area contributed by atoms with Crippen molar-refractivity contribution < 1.29 is 0 Å². The lowest BCUT2D eigenvalue weighted by molar-refractivity contribution is 1.26. The van der Waals surface area contributed by atoms with E-state index in [0.717, 1.165) is 11.1 Å². The van der Waals surface area contributed by atoms with Gasteiger partial charge in [0.25, 0.3) is 0 Å². The van der Waals surface area contributed by atoms with Gasteiger partial charge in [-0.05, 0) is 26.3 Å². The smallest absolute Gasteiger partial charge is 0.0313 e. The lowest BCUT2D eigenvalue weighted by Gasteiger charge is -2.02. The Labute approximate surface area is 75.0 Å². The standard InChI is InChI=1S/C11H17N/c1-8(2)6-7-11(9(3)4)10(5)12/h6-7H,1,5,12H2,2-4H3/b7-6-. The predicted octanol–water partition coefficient (Wildman–Crippen LogP) is 2.93. The topological polar surface area (TPSA) is 26.0 Å².